The van der Waals surface area contributed by atoms with Crippen molar-refractivity contribution in [1.82, 2.24) is 10.2 Å². The van der Waals surface area contributed by atoms with Gasteiger partial charge in [-0.3, -0.25) is 19.3 Å². The minimum absolute atomic E-state index is 0.0316. The SMILES string of the molecule is C=CC(=O)N(C=O)CC1CCC(C(=O)NCC[C@H](C)N)CC1. The number of carbonyl (C=O) groups is 3. The summed E-state index contributed by atoms with van der Waals surface area (Å²) in [6.07, 6.45) is 5.76. The van der Waals surface area contributed by atoms with Crippen molar-refractivity contribution >= 4 is 18.2 Å². The van der Waals surface area contributed by atoms with Gasteiger partial charge in [-0.15, -0.1) is 0 Å². The Labute approximate surface area is 132 Å². The summed E-state index contributed by atoms with van der Waals surface area (Å²) in [6, 6.07) is 0.0905. The Balaban J connectivity index is 2.33. The predicted octanol–water partition coefficient (Wildman–Crippen LogP) is 0.817. The highest BCUT2D eigenvalue weighted by Crippen LogP contribution is 2.29. The molecule has 6 heteroatoms. The third-order valence-electron chi connectivity index (χ3n) is 4.16. The van der Waals surface area contributed by atoms with E-state index in [4.69, 9.17) is 5.73 Å². The lowest BCUT2D eigenvalue weighted by molar-refractivity contribution is -0.136. The maximum atomic E-state index is 12.0. The summed E-state index contributed by atoms with van der Waals surface area (Å²) in [6.45, 7) is 6.33. The van der Waals surface area contributed by atoms with Crippen LogP contribution in [0.25, 0.3) is 0 Å². The highest BCUT2D eigenvalue weighted by Gasteiger charge is 2.27. The van der Waals surface area contributed by atoms with Crippen LogP contribution in [0, 0.1) is 11.8 Å². The highest BCUT2D eigenvalue weighted by atomic mass is 16.2. The van der Waals surface area contributed by atoms with Crippen molar-refractivity contribution in [2.45, 2.75) is 45.1 Å². The molecule has 0 radical (unpaired) electrons. The van der Waals surface area contributed by atoms with Gasteiger partial charge in [-0.2, -0.15) is 0 Å². The van der Waals surface area contributed by atoms with Gasteiger partial charge in [0, 0.05) is 25.0 Å². The molecule has 1 fully saturated rings. The zero-order valence-corrected chi connectivity index (χ0v) is 13.3. The molecule has 22 heavy (non-hydrogen) atoms. The van der Waals surface area contributed by atoms with E-state index in [0.717, 1.165) is 43.1 Å². The lowest BCUT2D eigenvalue weighted by Gasteiger charge is -2.29. The molecule has 1 saturated carbocycles. The molecule has 0 unspecified atom stereocenters. The van der Waals surface area contributed by atoms with Gasteiger partial charge in [0.05, 0.1) is 0 Å². The van der Waals surface area contributed by atoms with Crippen LogP contribution in [-0.4, -0.2) is 42.3 Å². The quantitative estimate of drug-likeness (QED) is 0.513. The first-order valence-electron chi connectivity index (χ1n) is 7.89. The fraction of sp³-hybridized carbons (Fsp3) is 0.688. The summed E-state index contributed by atoms with van der Waals surface area (Å²) in [4.78, 5) is 35.6. The van der Waals surface area contributed by atoms with Gasteiger partial charge >= 0.3 is 0 Å². The standard InChI is InChI=1S/C16H27N3O3/c1-3-15(21)19(11-20)10-13-4-6-14(7-5-13)16(22)18-9-8-12(2)17/h3,11-14H,1,4-10,17H2,2H3,(H,18,22)/t12-,13?,14?/m0/s1. The largest absolute Gasteiger partial charge is 0.356 e. The second-order valence-electron chi connectivity index (χ2n) is 6.07. The number of amides is 3. The van der Waals surface area contributed by atoms with Crippen LogP contribution in [0.1, 0.15) is 39.0 Å². The van der Waals surface area contributed by atoms with Crippen LogP contribution < -0.4 is 11.1 Å². The zero-order chi connectivity index (χ0) is 16.5. The molecule has 124 valence electrons. The van der Waals surface area contributed by atoms with Crippen LogP contribution >= 0.6 is 0 Å². The monoisotopic (exact) mass is 309 g/mol. The molecular weight excluding hydrogens is 282 g/mol. The van der Waals surface area contributed by atoms with Crippen molar-refractivity contribution in [2.24, 2.45) is 17.6 Å². The van der Waals surface area contributed by atoms with E-state index in [0.29, 0.717) is 19.5 Å². The predicted molar refractivity (Wildman–Crippen MR) is 84.7 cm³/mol. The van der Waals surface area contributed by atoms with Gasteiger partial charge in [-0.1, -0.05) is 6.58 Å². The maximum absolute atomic E-state index is 12.0. The molecule has 1 aliphatic rings. The van der Waals surface area contributed by atoms with Crippen molar-refractivity contribution in [3.05, 3.63) is 12.7 Å². The van der Waals surface area contributed by atoms with Crippen molar-refractivity contribution in [2.75, 3.05) is 13.1 Å². The number of carbonyl (C=O) groups excluding carboxylic acids is 3. The number of nitrogens with zero attached hydrogens (tertiary/aromatic N) is 1. The van der Waals surface area contributed by atoms with Crippen molar-refractivity contribution in [3.63, 3.8) is 0 Å². The first-order chi connectivity index (χ1) is 10.5. The van der Waals surface area contributed by atoms with E-state index in [1.807, 2.05) is 6.92 Å². The van der Waals surface area contributed by atoms with Gasteiger partial charge in [-0.25, -0.2) is 0 Å². The zero-order valence-electron chi connectivity index (χ0n) is 13.3. The van der Waals surface area contributed by atoms with Gasteiger partial charge in [0.15, 0.2) is 0 Å². The summed E-state index contributed by atoms with van der Waals surface area (Å²) in [5.74, 6) is 0.0191. The first kappa shape index (κ1) is 18.4. The third-order valence-corrected chi connectivity index (χ3v) is 4.16. The molecule has 3 amide bonds. The Hall–Kier alpha value is -1.69. The smallest absolute Gasteiger partial charge is 0.252 e. The summed E-state index contributed by atoms with van der Waals surface area (Å²) in [7, 11) is 0. The van der Waals surface area contributed by atoms with Gasteiger partial charge in [0.25, 0.3) is 5.91 Å². The molecule has 0 saturated heterocycles. The molecular formula is C16H27N3O3. The second kappa shape index (κ2) is 9.35. The van der Waals surface area contributed by atoms with E-state index < -0.39 is 0 Å². The van der Waals surface area contributed by atoms with E-state index in [-0.39, 0.29) is 29.7 Å². The van der Waals surface area contributed by atoms with E-state index >= 15 is 0 Å². The Kier molecular flexibility index (Phi) is 7.80. The molecule has 0 aromatic heterocycles. The molecule has 1 atom stereocenters. The third kappa shape index (κ3) is 5.97. The van der Waals surface area contributed by atoms with Crippen LogP contribution in [-0.2, 0) is 14.4 Å². The Bertz CT molecular complexity index is 401. The van der Waals surface area contributed by atoms with Crippen LogP contribution in [0.4, 0.5) is 0 Å². The normalized spacial score (nSPS) is 22.5. The minimum Gasteiger partial charge on any atom is -0.356 e. The lowest BCUT2D eigenvalue weighted by atomic mass is 9.81. The van der Waals surface area contributed by atoms with Gasteiger partial charge < -0.3 is 11.1 Å². The number of hydrogen-bond donors (Lipinski definition) is 2. The van der Waals surface area contributed by atoms with E-state index in [9.17, 15) is 14.4 Å². The van der Waals surface area contributed by atoms with Gasteiger partial charge in [-0.05, 0) is 51.0 Å². The van der Waals surface area contributed by atoms with E-state index in [1.54, 1.807) is 0 Å². The lowest BCUT2D eigenvalue weighted by Crippen LogP contribution is -2.38. The molecule has 0 bridgehead atoms. The molecule has 6 nitrogen and oxygen atoms in total. The molecule has 0 aromatic carbocycles. The summed E-state index contributed by atoms with van der Waals surface area (Å²) >= 11 is 0. The summed E-state index contributed by atoms with van der Waals surface area (Å²) in [5.41, 5.74) is 5.65. The van der Waals surface area contributed by atoms with Crippen molar-refractivity contribution < 1.29 is 14.4 Å². The maximum Gasteiger partial charge on any atom is 0.252 e. The van der Waals surface area contributed by atoms with Crippen LogP contribution in [0.5, 0.6) is 0 Å². The minimum atomic E-state index is -0.370. The number of nitrogens with two attached hydrogens (primary N) is 1. The fourth-order valence-corrected chi connectivity index (χ4v) is 2.75. The van der Waals surface area contributed by atoms with Crippen LogP contribution in [0.15, 0.2) is 12.7 Å². The molecule has 0 heterocycles. The molecule has 0 aromatic rings. The topological polar surface area (TPSA) is 92.5 Å². The number of hydrogen-bond acceptors (Lipinski definition) is 4. The average molecular weight is 309 g/mol. The van der Waals surface area contributed by atoms with Crippen LogP contribution in [0.3, 0.4) is 0 Å². The highest BCUT2D eigenvalue weighted by molar-refractivity contribution is 5.94. The number of nitrogens with one attached hydrogen (secondary N) is 1. The second-order valence-corrected chi connectivity index (χ2v) is 6.07. The number of imide groups is 1. The molecule has 0 spiro atoms. The molecule has 1 rings (SSSR count). The fourth-order valence-electron chi connectivity index (χ4n) is 2.75. The molecule has 0 aliphatic heterocycles. The number of rotatable bonds is 8. The summed E-state index contributed by atoms with van der Waals surface area (Å²) < 4.78 is 0. The average Bonchev–Trinajstić information content (AvgIpc) is 2.52. The Morgan fingerprint density at radius 1 is 1.36 bits per heavy atom. The van der Waals surface area contributed by atoms with Crippen molar-refractivity contribution in [3.8, 4) is 0 Å². The molecule has 1 aliphatic carbocycles. The van der Waals surface area contributed by atoms with Crippen LogP contribution in [0.2, 0.25) is 0 Å². The Morgan fingerprint density at radius 2 is 2.00 bits per heavy atom. The first-order valence-corrected chi connectivity index (χ1v) is 7.89. The van der Waals surface area contributed by atoms with E-state index in [1.165, 1.54) is 0 Å². The van der Waals surface area contributed by atoms with Gasteiger partial charge in [0.1, 0.15) is 0 Å². The van der Waals surface area contributed by atoms with Gasteiger partial charge in [0.2, 0.25) is 12.3 Å². The van der Waals surface area contributed by atoms with E-state index in [2.05, 4.69) is 11.9 Å². The van der Waals surface area contributed by atoms with Crippen molar-refractivity contribution in [1.29, 1.82) is 0 Å². The molecule has 3 N–H and O–H groups in total. The Morgan fingerprint density at radius 3 is 2.50 bits per heavy atom. The summed E-state index contributed by atoms with van der Waals surface area (Å²) in [5, 5.41) is 2.92.